The third kappa shape index (κ3) is 22.0. The standard InChI is InChI=1S/C22H19FN4O.C6H5BrN4.C6H5BrN3.C6H3BrN2.C4H6O3.HI.H3NO4S.H3NO/c1-14-4-9-20(23)17(11-14)13-18(28)12-15-5-7-16(8-6-15)19-3-2-10-27-21(19)22(24)25-26-27;7-4-2-1-3-5-9-10-6(8)11(4)5;7-5-2-1-3-10(9)6(5)4-8;7-5-2-1-3-9-6(5)4-8;1-3(5)7-4(2)6;;1-5-6(2,3)4;1-2/h2-11H,12-13,24H2,1H3;1-3H,(H2,8,10);1-3H,9H2;1-3H;1-2H3;1H;1H2,(H,2,3,4);2H,1H2/q;;+1;;;;;/p-1. The Labute approximate surface area is 464 Å². The second-order valence-corrected chi connectivity index (χ2v) is 17.3. The van der Waals surface area contributed by atoms with Gasteiger partial charge in [-0.1, -0.05) is 64.0 Å². The largest absolute Gasteiger partial charge is 1.00 e. The number of nitrogen functional groups attached to an aromatic ring is 3. The van der Waals surface area contributed by atoms with Crippen LogP contribution in [0.4, 0.5) is 16.2 Å². The van der Waals surface area contributed by atoms with Crippen LogP contribution in [0.1, 0.15) is 41.9 Å². The number of aromatic nitrogens is 8. The van der Waals surface area contributed by atoms with Gasteiger partial charge in [-0.15, -0.1) is 15.3 Å². The van der Waals surface area contributed by atoms with Gasteiger partial charge in [0.1, 0.15) is 27.7 Å². The minimum Gasteiger partial charge on any atom is -1.00 e. The van der Waals surface area contributed by atoms with E-state index in [1.165, 1.54) is 24.6 Å². The number of ketones is 1. The summed E-state index contributed by atoms with van der Waals surface area (Å²) in [4.78, 5) is 35.8. The molecule has 0 aliphatic carbocycles. The van der Waals surface area contributed by atoms with E-state index >= 15 is 0 Å². The van der Waals surface area contributed by atoms with Crippen LogP contribution in [0.3, 0.4) is 0 Å². The molecule has 0 saturated carbocycles. The number of hydrogen-bond donors (Lipinski definition) is 7. The number of benzene rings is 2. The van der Waals surface area contributed by atoms with Crippen LogP contribution in [0.25, 0.3) is 22.3 Å². The zero-order valence-corrected chi connectivity index (χ0v) is 46.5. The van der Waals surface area contributed by atoms with Gasteiger partial charge >= 0.3 is 28.0 Å². The quantitative estimate of drug-likeness (QED) is 0.0183. The van der Waals surface area contributed by atoms with Gasteiger partial charge in [0.2, 0.25) is 12.1 Å². The summed E-state index contributed by atoms with van der Waals surface area (Å²) in [5, 5.41) is 38.8. The van der Waals surface area contributed by atoms with Gasteiger partial charge in [-0.05, 0) is 114 Å². The van der Waals surface area contributed by atoms with Crippen LogP contribution in [-0.2, 0) is 46.6 Å². The van der Waals surface area contributed by atoms with E-state index in [0.29, 0.717) is 33.2 Å². The molecule has 0 bridgehead atoms. The number of carbonyl (C=O) groups is 3. The Kier molecular flexibility index (Phi) is 29.0. The van der Waals surface area contributed by atoms with Gasteiger partial charge in [0.15, 0.2) is 23.2 Å². The molecule has 390 valence electrons. The maximum atomic E-state index is 13.9. The second kappa shape index (κ2) is 33.0. The van der Waals surface area contributed by atoms with Gasteiger partial charge in [0.05, 0.1) is 9.08 Å². The molecule has 12 N–H and O–H groups in total. The molecule has 0 radical (unpaired) electrons. The lowest BCUT2D eigenvalue weighted by molar-refractivity contribution is -0.642. The zero-order chi connectivity index (χ0) is 54.8. The van der Waals surface area contributed by atoms with Crippen molar-refractivity contribution in [3.63, 3.8) is 0 Å². The number of hydrogen-bond acceptors (Lipinski definition) is 20. The number of rotatable bonds is 6. The molecule has 8 aromatic rings. The molecule has 0 aliphatic heterocycles. The van der Waals surface area contributed by atoms with Gasteiger partial charge in [-0.3, -0.25) is 23.3 Å². The average molecular weight is 1340 g/mol. The molecule has 2 aromatic carbocycles. The number of Topliss-reactive ketones (excluding diaryl/α,β-unsaturated/α-hetero) is 1. The van der Waals surface area contributed by atoms with Crippen LogP contribution >= 0.6 is 47.8 Å². The predicted octanol–water partition coefficient (Wildman–Crippen LogP) is 2.01. The molecule has 0 amide bonds. The first-order chi connectivity index (χ1) is 34.6. The van der Waals surface area contributed by atoms with Crippen molar-refractivity contribution in [2.45, 2.75) is 33.6 Å². The first-order valence-corrected chi connectivity index (χ1v) is 23.7. The van der Waals surface area contributed by atoms with Gasteiger partial charge < -0.3 is 45.4 Å². The van der Waals surface area contributed by atoms with Crippen molar-refractivity contribution in [2.24, 2.45) is 11.8 Å². The average Bonchev–Trinajstić information content (AvgIpc) is 3.94. The van der Waals surface area contributed by atoms with Crippen LogP contribution < -0.4 is 57.8 Å². The molecule has 0 aliphatic rings. The van der Waals surface area contributed by atoms with Gasteiger partial charge in [-0.25, -0.2) is 25.6 Å². The van der Waals surface area contributed by atoms with E-state index in [9.17, 15) is 27.2 Å². The Balaban J connectivity index is 0.000000494. The number of nitriles is 2. The summed E-state index contributed by atoms with van der Waals surface area (Å²) >= 11 is 9.69. The molecule has 0 unspecified atom stereocenters. The number of halogens is 5. The Morgan fingerprint density at radius 1 is 0.851 bits per heavy atom. The van der Waals surface area contributed by atoms with Crippen molar-refractivity contribution in [1.82, 2.24) is 34.4 Å². The summed E-state index contributed by atoms with van der Waals surface area (Å²) in [7, 11) is -4.38. The predicted molar refractivity (Wildman–Crippen MR) is 273 cm³/mol. The normalized spacial score (nSPS) is 9.74. The lowest BCUT2D eigenvalue weighted by atomic mass is 9.98. The highest BCUT2D eigenvalue weighted by atomic mass is 127. The number of esters is 2. The number of aryl methyl sites for hydroxylation is 1. The van der Waals surface area contributed by atoms with E-state index in [1.54, 1.807) is 63.9 Å². The molecule has 0 saturated heterocycles. The lowest BCUT2D eigenvalue weighted by Gasteiger charge is -2.07. The van der Waals surface area contributed by atoms with Crippen LogP contribution in [0.15, 0.2) is 129 Å². The summed E-state index contributed by atoms with van der Waals surface area (Å²) in [5.41, 5.74) is 18.0. The number of anilines is 2. The molecular weight excluding hydrogens is 1300 g/mol. The Hall–Kier alpha value is -6.98. The fourth-order valence-corrected chi connectivity index (χ4v) is 6.86. The molecule has 6 aromatic heterocycles. The van der Waals surface area contributed by atoms with E-state index in [0.717, 1.165) is 42.5 Å². The lowest BCUT2D eigenvalue weighted by Crippen LogP contribution is -3.00. The van der Waals surface area contributed by atoms with E-state index < -0.39 is 22.3 Å². The maximum Gasteiger partial charge on any atom is 0.413 e. The molecule has 74 heavy (non-hydrogen) atoms. The first kappa shape index (κ1) is 65.0. The Morgan fingerprint density at radius 3 is 2.00 bits per heavy atom. The van der Waals surface area contributed by atoms with Crippen molar-refractivity contribution >= 4 is 98.8 Å². The van der Waals surface area contributed by atoms with Gasteiger partial charge in [-0.2, -0.15) is 29.1 Å². The first-order valence-electron chi connectivity index (χ1n) is 20.0. The maximum absolute atomic E-state index is 13.9. The highest BCUT2D eigenvalue weighted by Gasteiger charge is 2.13. The molecular formula is C44H44Br3FIN15O9S. The van der Waals surface area contributed by atoms with Crippen LogP contribution in [0.5, 0.6) is 0 Å². The molecule has 0 atom stereocenters. The summed E-state index contributed by atoms with van der Waals surface area (Å²) in [6.45, 7) is 4.25. The van der Waals surface area contributed by atoms with E-state index in [2.05, 4.69) is 94.1 Å². The van der Waals surface area contributed by atoms with Crippen molar-refractivity contribution in [2.75, 3.05) is 17.3 Å². The highest BCUT2D eigenvalue weighted by molar-refractivity contribution is 9.11. The van der Waals surface area contributed by atoms with E-state index in [4.69, 9.17) is 37.6 Å². The fourth-order valence-electron chi connectivity index (χ4n) is 5.55. The van der Waals surface area contributed by atoms with Gasteiger partial charge in [0.25, 0.3) is 0 Å². The number of fused-ring (bicyclic) bond motifs is 2. The number of pyridine rings is 4. The number of ether oxygens (including phenoxy) is 1. The van der Waals surface area contributed by atoms with Crippen molar-refractivity contribution in [1.29, 1.82) is 10.5 Å². The zero-order valence-electron chi connectivity index (χ0n) is 38.8. The smallest absolute Gasteiger partial charge is 0.413 e. The second-order valence-electron chi connectivity index (χ2n) is 13.8. The molecule has 8 rings (SSSR count). The molecule has 6 heterocycles. The fraction of sp³-hybridized carbons (Fsp3) is 0.114. The Morgan fingerprint density at radius 2 is 1.49 bits per heavy atom. The van der Waals surface area contributed by atoms with Crippen molar-refractivity contribution in [3.8, 4) is 23.3 Å². The molecule has 0 spiro atoms. The number of nitrogens with two attached hydrogens (primary N) is 5. The monoisotopic (exact) mass is 1340 g/mol. The van der Waals surface area contributed by atoms with E-state index in [1.807, 2.05) is 73.7 Å². The van der Waals surface area contributed by atoms with E-state index in [-0.39, 0.29) is 48.4 Å². The summed E-state index contributed by atoms with van der Waals surface area (Å²) in [6.07, 6.45) is 5.34. The molecule has 0 fully saturated rings. The topological polar surface area (TPSA) is 399 Å². The number of nitrogens with zero attached hydrogens (tertiary/aromatic N) is 10. The summed E-state index contributed by atoms with van der Waals surface area (Å²) in [5.74, 6) is 12.1. The van der Waals surface area contributed by atoms with Crippen LogP contribution in [-0.4, -0.2) is 70.3 Å². The van der Waals surface area contributed by atoms with Crippen molar-refractivity contribution in [3.05, 3.63) is 163 Å². The van der Waals surface area contributed by atoms with Crippen LogP contribution in [0, 0.1) is 35.4 Å². The number of carbonyl (C=O) groups excluding carboxylic acids is 3. The van der Waals surface area contributed by atoms with Crippen LogP contribution in [0.2, 0.25) is 0 Å². The molecule has 30 heteroatoms. The third-order valence-corrected chi connectivity index (χ3v) is 10.6. The van der Waals surface area contributed by atoms with Crippen molar-refractivity contribution < 1.29 is 74.6 Å². The summed E-state index contributed by atoms with van der Waals surface area (Å²) in [6, 6.07) is 32.9. The third-order valence-electron chi connectivity index (χ3n) is 8.48. The van der Waals surface area contributed by atoms with Gasteiger partial charge in [0, 0.05) is 50.7 Å². The summed E-state index contributed by atoms with van der Waals surface area (Å²) < 4.78 is 53.6. The Bertz CT molecular complexity index is 3310. The minimum atomic E-state index is -4.38. The minimum absolute atomic E-state index is 0. The highest BCUT2D eigenvalue weighted by Crippen LogP contribution is 2.27. The SMILES string of the molecule is CC(=O)OC(C)=O.Cc1ccc(F)c(CC(=O)Cc2ccc(-c3cccn4nnc(N)c34)cc2)c1.N#Cc1c(Br)ccc[n+]1N.N#Cc1ncccc1Br.NO.NOS(=O)(=O)O.Nc1nnc2cccc(Br)n12.[I-]. The molecule has 24 nitrogen and oxygen atoms in total.